The molecule has 0 saturated carbocycles. The summed E-state index contributed by atoms with van der Waals surface area (Å²) >= 11 is 3.02. The first kappa shape index (κ1) is 31.8. The molecule has 4 heterocycles. The second-order valence-corrected chi connectivity index (χ2v) is 13.2. The molecular weight excluding hydrogens is 595 g/mol. The molecule has 12 heteroatoms. The van der Waals surface area contributed by atoms with Crippen LogP contribution in [0.2, 0.25) is 0 Å². The van der Waals surface area contributed by atoms with Crippen molar-refractivity contribution in [3.8, 4) is 22.8 Å². The van der Waals surface area contributed by atoms with Gasteiger partial charge in [-0.3, -0.25) is 4.79 Å². The molecule has 4 aromatic heterocycles. The summed E-state index contributed by atoms with van der Waals surface area (Å²) in [6.45, 7) is 12.2. The van der Waals surface area contributed by atoms with Crippen LogP contribution in [0.4, 0.5) is 0 Å². The van der Waals surface area contributed by atoms with Gasteiger partial charge in [-0.25, -0.2) is 24.7 Å². The van der Waals surface area contributed by atoms with Crippen molar-refractivity contribution < 1.29 is 14.7 Å². The van der Waals surface area contributed by atoms with E-state index in [1.54, 1.807) is 0 Å². The van der Waals surface area contributed by atoms with E-state index >= 15 is 0 Å². The minimum atomic E-state index is -0.851. The highest BCUT2D eigenvalue weighted by Gasteiger charge is 2.32. The SMILES string of the molecule is CSc1ncc2c(n1)-c1c(c(C(=O)O)c(C)n1C(C)C)CC2.CSc1ncc2c(n1)-c1c(c(C(N)=O)c(C)n1C(C)C)CC2. The number of carbonyl (C=O) groups is 2. The highest BCUT2D eigenvalue weighted by molar-refractivity contribution is 7.98. The molecule has 0 aromatic carbocycles. The Bertz CT molecular complexity index is 1660. The molecule has 0 saturated heterocycles. The Labute approximate surface area is 266 Å². The van der Waals surface area contributed by atoms with Crippen molar-refractivity contribution in [3.05, 3.63) is 57.2 Å². The van der Waals surface area contributed by atoms with Gasteiger partial charge in [0.05, 0.1) is 33.9 Å². The molecule has 0 bridgehead atoms. The van der Waals surface area contributed by atoms with Crippen molar-refractivity contribution in [2.75, 3.05) is 12.5 Å². The zero-order valence-electron chi connectivity index (χ0n) is 26.5. The number of rotatable bonds is 6. The summed E-state index contributed by atoms with van der Waals surface area (Å²) < 4.78 is 4.29. The van der Waals surface area contributed by atoms with Gasteiger partial charge in [-0.2, -0.15) is 0 Å². The number of aryl methyl sites for hydroxylation is 2. The number of primary amides is 1. The molecule has 0 spiro atoms. The van der Waals surface area contributed by atoms with Crippen LogP contribution in [0.5, 0.6) is 0 Å². The Hall–Kier alpha value is -3.64. The monoisotopic (exact) mass is 633 g/mol. The Morgan fingerprint density at radius 1 is 0.773 bits per heavy atom. The lowest BCUT2D eigenvalue weighted by atomic mass is 9.92. The predicted molar refractivity (Wildman–Crippen MR) is 175 cm³/mol. The van der Waals surface area contributed by atoms with Crippen LogP contribution >= 0.6 is 23.5 Å². The van der Waals surface area contributed by atoms with Gasteiger partial charge in [0.25, 0.3) is 5.91 Å². The van der Waals surface area contributed by atoms with Crippen molar-refractivity contribution in [1.82, 2.24) is 29.1 Å². The van der Waals surface area contributed by atoms with Crippen LogP contribution in [0.15, 0.2) is 22.7 Å². The van der Waals surface area contributed by atoms with Crippen LogP contribution < -0.4 is 5.73 Å². The number of fused-ring (bicyclic) bond motifs is 6. The van der Waals surface area contributed by atoms with Crippen molar-refractivity contribution in [2.45, 2.75) is 89.6 Å². The fourth-order valence-electron chi connectivity index (χ4n) is 6.72. The van der Waals surface area contributed by atoms with E-state index in [1.165, 1.54) is 23.5 Å². The van der Waals surface area contributed by atoms with E-state index in [2.05, 4.69) is 51.8 Å². The number of amides is 1. The molecule has 4 aromatic rings. The van der Waals surface area contributed by atoms with Crippen molar-refractivity contribution in [3.63, 3.8) is 0 Å². The smallest absolute Gasteiger partial charge is 0.337 e. The number of carbonyl (C=O) groups excluding carboxylic acids is 1. The van der Waals surface area contributed by atoms with Crippen molar-refractivity contribution in [1.29, 1.82) is 0 Å². The normalized spacial score (nSPS) is 13.1. The van der Waals surface area contributed by atoms with Crippen LogP contribution in [0, 0.1) is 13.8 Å². The molecule has 6 rings (SSSR count). The van der Waals surface area contributed by atoms with E-state index < -0.39 is 5.97 Å². The lowest BCUT2D eigenvalue weighted by Crippen LogP contribution is -2.15. The Morgan fingerprint density at radius 3 is 1.55 bits per heavy atom. The van der Waals surface area contributed by atoms with Gasteiger partial charge in [-0.15, -0.1) is 0 Å². The van der Waals surface area contributed by atoms with Gasteiger partial charge in [0.15, 0.2) is 10.3 Å². The number of hydrogen-bond acceptors (Lipinski definition) is 8. The molecule has 0 fully saturated rings. The maximum atomic E-state index is 11.9. The third kappa shape index (κ3) is 5.32. The van der Waals surface area contributed by atoms with Gasteiger partial charge < -0.3 is 20.0 Å². The number of aromatic nitrogens is 6. The van der Waals surface area contributed by atoms with E-state index in [1.807, 2.05) is 38.8 Å². The topological polar surface area (TPSA) is 142 Å². The molecular formula is C32H39N7O3S2. The first-order valence-corrected chi connectivity index (χ1v) is 17.2. The van der Waals surface area contributed by atoms with E-state index in [0.717, 1.165) is 92.4 Å². The van der Waals surface area contributed by atoms with Gasteiger partial charge in [0.2, 0.25) is 0 Å². The molecule has 2 aliphatic carbocycles. The number of nitrogens with two attached hydrogens (primary N) is 1. The number of aromatic carboxylic acids is 1. The van der Waals surface area contributed by atoms with Crippen molar-refractivity contribution >= 4 is 35.4 Å². The molecule has 232 valence electrons. The maximum absolute atomic E-state index is 11.9. The average molecular weight is 634 g/mol. The molecule has 10 nitrogen and oxygen atoms in total. The summed E-state index contributed by atoms with van der Waals surface area (Å²) in [6.07, 6.45) is 10.9. The summed E-state index contributed by atoms with van der Waals surface area (Å²) in [7, 11) is 0. The van der Waals surface area contributed by atoms with Gasteiger partial charge in [0.1, 0.15) is 0 Å². The number of hydrogen-bond donors (Lipinski definition) is 2. The minimum Gasteiger partial charge on any atom is -0.478 e. The van der Waals surface area contributed by atoms with Gasteiger partial charge in [0, 0.05) is 35.9 Å². The molecule has 2 aliphatic rings. The fourth-order valence-corrected chi connectivity index (χ4v) is 7.40. The Kier molecular flexibility index (Phi) is 8.95. The Morgan fingerprint density at radius 2 is 1.18 bits per heavy atom. The van der Waals surface area contributed by atoms with E-state index in [4.69, 9.17) is 10.7 Å². The Balaban J connectivity index is 0.000000175. The highest BCUT2D eigenvalue weighted by Crippen LogP contribution is 2.41. The van der Waals surface area contributed by atoms with Gasteiger partial charge in [-0.05, 0) is 102 Å². The second kappa shape index (κ2) is 12.4. The van der Waals surface area contributed by atoms with Crippen LogP contribution in [-0.2, 0) is 25.7 Å². The highest BCUT2D eigenvalue weighted by atomic mass is 32.2. The minimum absolute atomic E-state index is 0.181. The zero-order chi connectivity index (χ0) is 32.0. The maximum Gasteiger partial charge on any atom is 0.337 e. The summed E-state index contributed by atoms with van der Waals surface area (Å²) in [5, 5.41) is 11.1. The lowest BCUT2D eigenvalue weighted by molar-refractivity contribution is 0.0694. The van der Waals surface area contributed by atoms with Crippen LogP contribution in [0.3, 0.4) is 0 Å². The molecule has 0 unspecified atom stereocenters. The standard InChI is InChI=1S/C16H20N4OS.C16H19N3O2S/c1-8(2)20-9(3)12(15(17)21)11-6-5-10-7-18-16(22-4)19-13(10)14(11)20;1-8(2)19-9(3)12(15(20)21)11-6-5-10-7-17-16(22-4)18-13(10)14(11)19/h7-8H,5-6H2,1-4H3,(H2,17,21);7-8H,5-6H2,1-4H3,(H,20,21). The third-order valence-corrected chi connectivity index (χ3v) is 9.51. The first-order chi connectivity index (χ1) is 20.9. The fraction of sp³-hybridized carbons (Fsp3) is 0.438. The van der Waals surface area contributed by atoms with Crippen molar-refractivity contribution in [2.24, 2.45) is 5.73 Å². The molecule has 3 N–H and O–H groups in total. The average Bonchev–Trinajstić information content (AvgIpc) is 3.47. The lowest BCUT2D eigenvalue weighted by Gasteiger charge is -2.21. The third-order valence-electron chi connectivity index (χ3n) is 8.38. The van der Waals surface area contributed by atoms with Crippen LogP contribution in [-0.4, -0.2) is 58.6 Å². The summed E-state index contributed by atoms with van der Waals surface area (Å²) in [5.74, 6) is -1.20. The van der Waals surface area contributed by atoms with Crippen LogP contribution in [0.25, 0.3) is 22.8 Å². The first-order valence-electron chi connectivity index (χ1n) is 14.7. The molecule has 44 heavy (non-hydrogen) atoms. The van der Waals surface area contributed by atoms with E-state index in [0.29, 0.717) is 11.1 Å². The number of thioether (sulfide) groups is 2. The molecule has 0 atom stereocenters. The van der Waals surface area contributed by atoms with E-state index in [-0.39, 0.29) is 18.0 Å². The molecule has 1 amide bonds. The quantitative estimate of drug-likeness (QED) is 0.190. The largest absolute Gasteiger partial charge is 0.478 e. The zero-order valence-corrected chi connectivity index (χ0v) is 28.1. The second-order valence-electron chi connectivity index (χ2n) is 11.6. The molecule has 0 aliphatic heterocycles. The van der Waals surface area contributed by atoms with E-state index in [9.17, 15) is 14.7 Å². The summed E-state index contributed by atoms with van der Waals surface area (Å²) in [4.78, 5) is 41.8. The number of carboxylic acids is 1. The van der Waals surface area contributed by atoms with Gasteiger partial charge >= 0.3 is 5.97 Å². The molecule has 0 radical (unpaired) electrons. The predicted octanol–water partition coefficient (Wildman–Crippen LogP) is 6.11. The summed E-state index contributed by atoms with van der Waals surface area (Å²) in [6, 6.07) is 0.418. The number of carboxylic acid groups (broad SMARTS) is 1. The van der Waals surface area contributed by atoms with Crippen LogP contribution in [0.1, 0.15) is 94.1 Å². The van der Waals surface area contributed by atoms with Gasteiger partial charge in [-0.1, -0.05) is 23.5 Å². The summed E-state index contributed by atoms with van der Waals surface area (Å²) in [5.41, 5.74) is 16.5. The number of nitrogens with zero attached hydrogens (tertiary/aromatic N) is 6.